The number of hydrogen-bond donors (Lipinski definition) is 2. The first-order valence-electron chi connectivity index (χ1n) is 12.3. The van der Waals surface area contributed by atoms with Gasteiger partial charge in [-0.3, -0.25) is 14.4 Å². The van der Waals surface area contributed by atoms with Crippen LogP contribution in [0.1, 0.15) is 36.8 Å². The monoisotopic (exact) mass is 520 g/mol. The van der Waals surface area contributed by atoms with E-state index in [4.69, 9.17) is 18.9 Å². The van der Waals surface area contributed by atoms with Gasteiger partial charge in [0.25, 0.3) is 0 Å². The molecule has 0 radical (unpaired) electrons. The highest BCUT2D eigenvalue weighted by Crippen LogP contribution is 2.33. The van der Waals surface area contributed by atoms with Gasteiger partial charge >= 0.3 is 0 Å². The van der Waals surface area contributed by atoms with Crippen molar-refractivity contribution in [2.24, 2.45) is 0 Å². The minimum absolute atomic E-state index is 0.103. The molecule has 1 aliphatic carbocycles. The van der Waals surface area contributed by atoms with Crippen LogP contribution in [0.2, 0.25) is 0 Å². The molecule has 2 fully saturated rings. The van der Waals surface area contributed by atoms with Gasteiger partial charge in [-0.05, 0) is 66.8 Å². The molecule has 0 bridgehead atoms. The van der Waals surface area contributed by atoms with Gasteiger partial charge in [0.1, 0.15) is 6.04 Å². The standard InChI is InChI=1S/C29H32N2O7/c1-35-23-8-5-17(13-25(23)37-3)11-19-15-21(30-29(34)22-7-10-27(32)31-22)16-20(28(19)33)12-18-6-9-24(36-2)26(14-18)38-4/h5-6,8-9,11-14,21-22H,7,10,15-16H2,1-4H3,(H,30,34)(H,31,32)/b19-11+,20-12+/t22-/m0/s1. The summed E-state index contributed by atoms with van der Waals surface area (Å²) < 4.78 is 21.5. The van der Waals surface area contributed by atoms with Gasteiger partial charge in [0.05, 0.1) is 28.4 Å². The number of carbonyl (C=O) groups is 3. The molecular formula is C29H32N2O7. The Balaban J connectivity index is 1.67. The Morgan fingerprint density at radius 2 is 1.32 bits per heavy atom. The fourth-order valence-electron chi connectivity index (χ4n) is 4.75. The Morgan fingerprint density at radius 1 is 0.816 bits per heavy atom. The summed E-state index contributed by atoms with van der Waals surface area (Å²) in [6.07, 6.45) is 5.10. The van der Waals surface area contributed by atoms with Crippen LogP contribution in [0.3, 0.4) is 0 Å². The Hall–Kier alpha value is -4.27. The first-order chi connectivity index (χ1) is 18.3. The molecule has 38 heavy (non-hydrogen) atoms. The van der Waals surface area contributed by atoms with Crippen LogP contribution in [0, 0.1) is 0 Å². The Morgan fingerprint density at radius 3 is 1.74 bits per heavy atom. The summed E-state index contributed by atoms with van der Waals surface area (Å²) in [6, 6.07) is 9.96. The highest BCUT2D eigenvalue weighted by molar-refractivity contribution is 6.14. The lowest BCUT2D eigenvalue weighted by molar-refractivity contribution is -0.126. The van der Waals surface area contributed by atoms with Gasteiger partial charge in [-0.2, -0.15) is 0 Å². The second-order valence-corrected chi connectivity index (χ2v) is 9.17. The third kappa shape index (κ3) is 5.99. The van der Waals surface area contributed by atoms with Crippen molar-refractivity contribution < 1.29 is 33.3 Å². The van der Waals surface area contributed by atoms with Gasteiger partial charge in [0.2, 0.25) is 11.8 Å². The summed E-state index contributed by atoms with van der Waals surface area (Å²) in [5, 5.41) is 5.74. The maximum Gasteiger partial charge on any atom is 0.242 e. The van der Waals surface area contributed by atoms with Crippen LogP contribution in [0.5, 0.6) is 23.0 Å². The number of hydrogen-bond acceptors (Lipinski definition) is 7. The maximum atomic E-state index is 13.6. The number of Topliss-reactive ketones (excluding diaryl/α,β-unsaturated/α-hetero) is 1. The largest absolute Gasteiger partial charge is 0.493 e. The van der Waals surface area contributed by atoms with Crippen LogP contribution in [0.4, 0.5) is 0 Å². The molecule has 1 saturated heterocycles. The van der Waals surface area contributed by atoms with E-state index >= 15 is 0 Å². The van der Waals surface area contributed by atoms with Crippen LogP contribution in [-0.4, -0.2) is 58.1 Å². The molecule has 1 saturated carbocycles. The van der Waals surface area contributed by atoms with Crippen molar-refractivity contribution in [2.45, 2.75) is 37.8 Å². The van der Waals surface area contributed by atoms with Crippen molar-refractivity contribution in [3.05, 3.63) is 58.7 Å². The number of ether oxygens (including phenoxy) is 4. The summed E-state index contributed by atoms with van der Waals surface area (Å²) in [6.45, 7) is 0. The first-order valence-corrected chi connectivity index (χ1v) is 12.3. The summed E-state index contributed by atoms with van der Waals surface area (Å²) in [4.78, 5) is 38.1. The molecule has 200 valence electrons. The number of rotatable bonds is 8. The summed E-state index contributed by atoms with van der Waals surface area (Å²) >= 11 is 0. The summed E-state index contributed by atoms with van der Waals surface area (Å²) in [5.41, 5.74) is 2.64. The van der Waals surface area contributed by atoms with Crippen molar-refractivity contribution >= 4 is 29.7 Å². The lowest BCUT2D eigenvalue weighted by atomic mass is 9.83. The Kier molecular flexibility index (Phi) is 8.35. The van der Waals surface area contributed by atoms with Gasteiger partial charge in [0, 0.05) is 23.6 Å². The van der Waals surface area contributed by atoms with Crippen molar-refractivity contribution in [2.75, 3.05) is 28.4 Å². The quantitative estimate of drug-likeness (QED) is 0.514. The number of methoxy groups -OCH3 is 4. The third-order valence-electron chi connectivity index (χ3n) is 6.67. The normalized spacial score (nSPS) is 21.3. The van der Waals surface area contributed by atoms with E-state index < -0.39 is 6.04 Å². The molecule has 1 heterocycles. The minimum atomic E-state index is -0.559. The van der Waals surface area contributed by atoms with Crippen LogP contribution in [-0.2, 0) is 14.4 Å². The van der Waals surface area contributed by atoms with Crippen molar-refractivity contribution in [3.63, 3.8) is 0 Å². The van der Waals surface area contributed by atoms with Crippen LogP contribution in [0.25, 0.3) is 12.2 Å². The molecule has 0 aromatic heterocycles. The average molecular weight is 521 g/mol. The van der Waals surface area contributed by atoms with Crippen molar-refractivity contribution in [3.8, 4) is 23.0 Å². The molecule has 2 aliphatic rings. The molecular weight excluding hydrogens is 488 g/mol. The minimum Gasteiger partial charge on any atom is -0.493 e. The number of carbonyl (C=O) groups excluding carboxylic acids is 3. The topological polar surface area (TPSA) is 112 Å². The molecule has 0 spiro atoms. The fourth-order valence-corrected chi connectivity index (χ4v) is 4.75. The van der Waals surface area contributed by atoms with E-state index in [1.165, 1.54) is 0 Å². The van der Waals surface area contributed by atoms with E-state index in [9.17, 15) is 14.4 Å². The third-order valence-corrected chi connectivity index (χ3v) is 6.67. The average Bonchev–Trinajstić information content (AvgIpc) is 3.37. The number of nitrogens with one attached hydrogen (secondary N) is 2. The van der Waals surface area contributed by atoms with Gasteiger partial charge in [-0.1, -0.05) is 12.1 Å². The second-order valence-electron chi connectivity index (χ2n) is 9.17. The molecule has 1 atom stereocenters. The molecule has 2 amide bonds. The summed E-state index contributed by atoms with van der Waals surface area (Å²) in [5.74, 6) is 1.79. The summed E-state index contributed by atoms with van der Waals surface area (Å²) in [7, 11) is 6.23. The zero-order valence-corrected chi connectivity index (χ0v) is 22.0. The second kappa shape index (κ2) is 11.9. The highest BCUT2D eigenvalue weighted by atomic mass is 16.5. The van der Waals surface area contributed by atoms with Crippen molar-refractivity contribution in [1.29, 1.82) is 0 Å². The predicted molar refractivity (Wildman–Crippen MR) is 142 cm³/mol. The molecule has 2 aromatic carbocycles. The number of ketones is 1. The SMILES string of the molecule is COc1ccc(/C=C2\CC(NC(=O)[C@@H]3CCC(=O)N3)C/C(=C\c3ccc(OC)c(OC)c3)C2=O)cc1OC. The van der Waals surface area contributed by atoms with E-state index in [0.29, 0.717) is 59.8 Å². The molecule has 2 N–H and O–H groups in total. The fraction of sp³-hybridized carbons (Fsp3) is 0.345. The smallest absolute Gasteiger partial charge is 0.242 e. The zero-order chi connectivity index (χ0) is 27.2. The van der Waals surface area contributed by atoms with Crippen LogP contribution < -0.4 is 29.6 Å². The number of benzene rings is 2. The highest BCUT2D eigenvalue weighted by Gasteiger charge is 2.33. The van der Waals surface area contributed by atoms with Gasteiger partial charge < -0.3 is 29.6 Å². The van der Waals surface area contributed by atoms with Crippen LogP contribution in [0.15, 0.2) is 47.5 Å². The molecule has 2 aromatic rings. The number of amides is 2. The maximum absolute atomic E-state index is 13.6. The molecule has 9 heteroatoms. The van der Waals surface area contributed by atoms with Crippen LogP contribution >= 0.6 is 0 Å². The Bertz CT molecular complexity index is 1220. The van der Waals surface area contributed by atoms with Gasteiger partial charge in [-0.15, -0.1) is 0 Å². The molecule has 1 aliphatic heterocycles. The van der Waals surface area contributed by atoms with E-state index in [1.807, 2.05) is 24.3 Å². The Labute approximate surface area is 221 Å². The molecule has 0 unspecified atom stereocenters. The molecule has 9 nitrogen and oxygen atoms in total. The lowest BCUT2D eigenvalue weighted by Gasteiger charge is -2.28. The van der Waals surface area contributed by atoms with E-state index in [-0.39, 0.29) is 23.6 Å². The predicted octanol–water partition coefficient (Wildman–Crippen LogP) is 3.31. The lowest BCUT2D eigenvalue weighted by Crippen LogP contribution is -2.47. The van der Waals surface area contributed by atoms with Gasteiger partial charge in [0.15, 0.2) is 28.8 Å². The first kappa shape index (κ1) is 26.8. The van der Waals surface area contributed by atoms with E-state index in [2.05, 4.69) is 10.6 Å². The van der Waals surface area contributed by atoms with E-state index in [1.54, 1.807) is 52.7 Å². The zero-order valence-electron chi connectivity index (χ0n) is 22.0. The molecule has 4 rings (SSSR count). The van der Waals surface area contributed by atoms with Gasteiger partial charge in [-0.25, -0.2) is 0 Å². The van der Waals surface area contributed by atoms with E-state index in [0.717, 1.165) is 11.1 Å². The van der Waals surface area contributed by atoms with Crippen molar-refractivity contribution in [1.82, 2.24) is 10.6 Å².